The number of aliphatic imine (C=N–C) groups is 1. The van der Waals surface area contributed by atoms with Gasteiger partial charge in [-0.25, -0.2) is 4.79 Å². The molecule has 2 fully saturated rings. The maximum Gasteiger partial charge on any atom is 0.473 e. The van der Waals surface area contributed by atoms with Gasteiger partial charge >= 0.3 is 18.1 Å². The van der Waals surface area contributed by atoms with Crippen molar-refractivity contribution in [3.8, 4) is 0 Å². The number of halogens is 3. The lowest BCUT2D eigenvalue weighted by Crippen LogP contribution is -2.63. The Bertz CT molecular complexity index is 1300. The van der Waals surface area contributed by atoms with Crippen molar-refractivity contribution in [2.75, 3.05) is 27.2 Å². The zero-order valence-corrected chi connectivity index (χ0v) is 23.3. The number of thioether (sulfide) groups is 1. The predicted octanol–water partition coefficient (Wildman–Crippen LogP) is 2.13. The molecule has 222 valence electrons. The van der Waals surface area contributed by atoms with E-state index in [-0.39, 0.29) is 48.2 Å². The van der Waals surface area contributed by atoms with Crippen LogP contribution >= 0.6 is 11.8 Å². The van der Waals surface area contributed by atoms with Crippen LogP contribution in [0.25, 0.3) is 0 Å². The van der Waals surface area contributed by atoms with Crippen molar-refractivity contribution in [2.45, 2.75) is 44.0 Å². The number of non-ortho nitro benzene ring substituents is 1. The highest BCUT2D eigenvalue weighted by Crippen LogP contribution is 2.51. The van der Waals surface area contributed by atoms with Crippen molar-refractivity contribution in [3.63, 3.8) is 0 Å². The second-order valence-corrected chi connectivity index (χ2v) is 11.5. The van der Waals surface area contributed by atoms with Crippen molar-refractivity contribution >= 4 is 41.2 Å². The van der Waals surface area contributed by atoms with Crippen LogP contribution in [0.2, 0.25) is 0 Å². The molecule has 0 unspecified atom stereocenters. The number of guanidine groups is 1. The smallest absolute Gasteiger partial charge is 0.456 e. The minimum Gasteiger partial charge on any atom is -0.456 e. The summed E-state index contributed by atoms with van der Waals surface area (Å²) in [5.41, 5.74) is 0.407. The third-order valence-corrected chi connectivity index (χ3v) is 8.65. The molecule has 0 saturated carbocycles. The molecule has 2 saturated heterocycles. The standard InChI is InChI=1S/C25H28F3N5O7S/c1-12-18-17(13(2)34)21(35)32(18)19(22(36)40-11-14-5-7-15(8-6-14)33(38)39)20(12)41-16-9-30(3)24(31(4)10-16)29-23(37)25(26,27)28/h5-8,12-13,16-18,34H,9-11H2,1-4H3/t12-,13-,16?,17-,18-/m1/s1. The monoisotopic (exact) mass is 599 g/mol. The molecular weight excluding hydrogens is 571 g/mol. The molecule has 2 amide bonds. The Morgan fingerprint density at radius 1 is 1.22 bits per heavy atom. The summed E-state index contributed by atoms with van der Waals surface area (Å²) in [7, 11) is 3.00. The molecule has 41 heavy (non-hydrogen) atoms. The van der Waals surface area contributed by atoms with Crippen LogP contribution in [0.15, 0.2) is 39.9 Å². The van der Waals surface area contributed by atoms with Crippen molar-refractivity contribution in [1.82, 2.24) is 14.7 Å². The first-order valence-corrected chi connectivity index (χ1v) is 13.4. The largest absolute Gasteiger partial charge is 0.473 e. The molecule has 1 aromatic carbocycles. The summed E-state index contributed by atoms with van der Waals surface area (Å²) in [6.45, 7) is 3.50. The number of nitro benzene ring substituents is 1. The predicted molar refractivity (Wildman–Crippen MR) is 140 cm³/mol. The number of hydrogen-bond acceptors (Lipinski definition) is 8. The van der Waals surface area contributed by atoms with Crippen LogP contribution in [-0.4, -0.2) is 99.2 Å². The number of aliphatic hydroxyl groups excluding tert-OH is 1. The number of carbonyl (C=O) groups is 3. The molecule has 0 radical (unpaired) electrons. The number of esters is 1. The summed E-state index contributed by atoms with van der Waals surface area (Å²) in [6.07, 6.45) is -6.06. The van der Waals surface area contributed by atoms with E-state index in [1.165, 1.54) is 71.7 Å². The van der Waals surface area contributed by atoms with E-state index in [1.54, 1.807) is 0 Å². The number of rotatable bonds is 7. The molecule has 4 atom stereocenters. The van der Waals surface area contributed by atoms with Crippen LogP contribution in [0.1, 0.15) is 19.4 Å². The summed E-state index contributed by atoms with van der Waals surface area (Å²) in [4.78, 5) is 56.0. The van der Waals surface area contributed by atoms with Crippen LogP contribution in [0, 0.1) is 22.0 Å². The summed E-state index contributed by atoms with van der Waals surface area (Å²) < 4.78 is 43.8. The van der Waals surface area contributed by atoms with E-state index >= 15 is 0 Å². The van der Waals surface area contributed by atoms with Gasteiger partial charge in [-0.15, -0.1) is 11.8 Å². The number of ether oxygens (including phenoxy) is 1. The number of hydrogen-bond donors (Lipinski definition) is 1. The van der Waals surface area contributed by atoms with Crippen LogP contribution in [0.3, 0.4) is 0 Å². The van der Waals surface area contributed by atoms with Gasteiger partial charge in [0.2, 0.25) is 11.9 Å². The molecule has 4 rings (SSSR count). The molecule has 1 N–H and O–H groups in total. The first kappa shape index (κ1) is 30.3. The maximum atomic E-state index is 13.4. The highest BCUT2D eigenvalue weighted by atomic mass is 32.2. The van der Waals surface area contributed by atoms with E-state index in [4.69, 9.17) is 4.74 Å². The summed E-state index contributed by atoms with van der Waals surface area (Å²) in [6, 6.07) is 4.97. The normalized spacial score (nSPS) is 25.1. The first-order chi connectivity index (χ1) is 19.1. The number of amides is 2. The molecule has 0 bridgehead atoms. The zero-order chi connectivity index (χ0) is 30.4. The molecule has 1 aromatic rings. The lowest BCUT2D eigenvalue weighted by Gasteiger charge is -2.46. The lowest BCUT2D eigenvalue weighted by molar-refractivity contribution is -0.384. The number of alkyl halides is 3. The van der Waals surface area contributed by atoms with Gasteiger partial charge in [0, 0.05) is 55.4 Å². The second-order valence-electron chi connectivity index (χ2n) is 10.2. The Labute approximate surface area is 236 Å². The van der Waals surface area contributed by atoms with Gasteiger partial charge in [0.25, 0.3) is 5.69 Å². The molecule has 0 aliphatic carbocycles. The third-order valence-electron chi connectivity index (χ3n) is 7.19. The number of carbonyl (C=O) groups excluding carboxylic acids is 3. The highest BCUT2D eigenvalue weighted by Gasteiger charge is 2.60. The van der Waals surface area contributed by atoms with Crippen LogP contribution in [0.4, 0.5) is 18.9 Å². The molecule has 3 aliphatic heterocycles. The van der Waals surface area contributed by atoms with E-state index in [9.17, 15) is 42.8 Å². The Balaban J connectivity index is 1.56. The minimum absolute atomic E-state index is 0.0355. The molecule has 12 nitrogen and oxygen atoms in total. The first-order valence-electron chi connectivity index (χ1n) is 12.6. The molecule has 3 aliphatic rings. The summed E-state index contributed by atoms with van der Waals surface area (Å²) in [5.74, 6) is -4.63. The number of aliphatic hydroxyl groups is 1. The number of nitrogens with zero attached hydrogens (tertiary/aromatic N) is 5. The van der Waals surface area contributed by atoms with Crippen molar-refractivity contribution in [3.05, 3.63) is 50.5 Å². The second kappa shape index (κ2) is 11.3. The Hall–Kier alpha value is -3.66. The number of β-lactam (4-membered cyclic amide) rings is 1. The molecule has 0 aromatic heterocycles. The fourth-order valence-electron chi connectivity index (χ4n) is 5.30. The highest BCUT2D eigenvalue weighted by molar-refractivity contribution is 8.03. The van der Waals surface area contributed by atoms with Gasteiger partial charge in [0.15, 0.2) is 0 Å². The zero-order valence-electron chi connectivity index (χ0n) is 22.5. The van der Waals surface area contributed by atoms with Crippen molar-refractivity contribution in [2.24, 2.45) is 16.8 Å². The lowest BCUT2D eigenvalue weighted by atomic mass is 9.79. The van der Waals surface area contributed by atoms with Gasteiger partial charge < -0.3 is 24.5 Å². The third kappa shape index (κ3) is 5.88. The SMILES string of the molecule is C[C@@H](O)[C@H]1C(=O)N2C(C(=O)OCc3ccc([N+](=O)[O-])cc3)=C(SC3CN(C)C(=NC(=O)C(F)(F)F)N(C)C3)[C@H](C)[C@H]12. The Morgan fingerprint density at radius 3 is 2.32 bits per heavy atom. The minimum atomic E-state index is -5.10. The van der Waals surface area contributed by atoms with Gasteiger partial charge in [-0.2, -0.15) is 18.2 Å². The van der Waals surface area contributed by atoms with E-state index in [0.29, 0.717) is 10.5 Å². The van der Waals surface area contributed by atoms with Gasteiger partial charge in [-0.3, -0.25) is 19.7 Å². The van der Waals surface area contributed by atoms with Crippen LogP contribution in [0.5, 0.6) is 0 Å². The fourth-order valence-corrected chi connectivity index (χ4v) is 6.91. The van der Waals surface area contributed by atoms with E-state index in [0.717, 1.165) is 0 Å². The number of nitro groups is 1. The average molecular weight is 600 g/mol. The van der Waals surface area contributed by atoms with E-state index < -0.39 is 46.9 Å². The number of fused-ring (bicyclic) bond motifs is 1. The topological polar surface area (TPSA) is 146 Å². The van der Waals surface area contributed by atoms with Gasteiger partial charge in [0.05, 0.1) is 23.0 Å². The fraction of sp³-hybridized carbons (Fsp3) is 0.520. The van der Waals surface area contributed by atoms with Crippen LogP contribution < -0.4 is 0 Å². The van der Waals surface area contributed by atoms with Gasteiger partial charge in [-0.1, -0.05) is 6.92 Å². The molecular formula is C25H28F3N5O7S. The number of benzene rings is 1. The summed E-state index contributed by atoms with van der Waals surface area (Å²) in [5, 5.41) is 20.8. The van der Waals surface area contributed by atoms with E-state index in [1.807, 2.05) is 6.92 Å². The maximum absolute atomic E-state index is 13.4. The van der Waals surface area contributed by atoms with Crippen molar-refractivity contribution < 1.29 is 42.3 Å². The molecule has 16 heteroatoms. The molecule has 3 heterocycles. The Morgan fingerprint density at radius 2 is 1.80 bits per heavy atom. The quantitative estimate of drug-likeness (QED) is 0.214. The van der Waals surface area contributed by atoms with Gasteiger partial charge in [0.1, 0.15) is 12.3 Å². The van der Waals surface area contributed by atoms with Crippen molar-refractivity contribution in [1.29, 1.82) is 0 Å². The van der Waals surface area contributed by atoms with Gasteiger partial charge in [-0.05, 0) is 24.6 Å². The average Bonchev–Trinajstić information content (AvgIpc) is 3.11. The Kier molecular flexibility index (Phi) is 8.36. The summed E-state index contributed by atoms with van der Waals surface area (Å²) >= 11 is 1.28. The van der Waals surface area contributed by atoms with Crippen LogP contribution in [-0.2, 0) is 25.7 Å². The molecule has 0 spiro atoms. The van der Waals surface area contributed by atoms with E-state index in [2.05, 4.69) is 4.99 Å².